The van der Waals surface area contributed by atoms with Gasteiger partial charge in [-0.2, -0.15) is 13.2 Å². The highest BCUT2D eigenvalue weighted by atomic mass is 79.9. The first-order valence-corrected chi connectivity index (χ1v) is 7.91. The molecule has 1 fully saturated rings. The largest absolute Gasteiger partial charge is 0.417 e. The highest BCUT2D eigenvalue weighted by Gasteiger charge is 2.34. The molecule has 0 saturated carbocycles. The predicted molar refractivity (Wildman–Crippen MR) is 82.7 cm³/mol. The molecule has 1 N–H and O–H groups in total. The van der Waals surface area contributed by atoms with Crippen LogP contribution >= 0.6 is 15.9 Å². The van der Waals surface area contributed by atoms with Gasteiger partial charge in [0.05, 0.1) is 5.56 Å². The maximum Gasteiger partial charge on any atom is 0.417 e. The number of anilines is 1. The molecule has 2 nitrogen and oxygen atoms in total. The molecule has 0 aliphatic carbocycles. The van der Waals surface area contributed by atoms with Crippen LogP contribution in [0.25, 0.3) is 0 Å². The average Bonchev–Trinajstić information content (AvgIpc) is 2.61. The molecule has 1 saturated heterocycles. The van der Waals surface area contributed by atoms with Crippen molar-refractivity contribution in [3.63, 3.8) is 0 Å². The van der Waals surface area contributed by atoms with Gasteiger partial charge in [0.2, 0.25) is 0 Å². The molecule has 0 radical (unpaired) electrons. The van der Waals surface area contributed by atoms with Gasteiger partial charge in [0, 0.05) is 28.8 Å². The molecular weight excluding hydrogens is 345 g/mol. The van der Waals surface area contributed by atoms with Gasteiger partial charge in [0.1, 0.15) is 0 Å². The SMILES string of the molecule is CCC1(C)CN(c2ccc(Br)c(C(F)(F)F)c2)CCCN1. The molecule has 118 valence electrons. The first kappa shape index (κ1) is 16.6. The lowest BCUT2D eigenvalue weighted by Gasteiger charge is -2.34. The summed E-state index contributed by atoms with van der Waals surface area (Å²) in [5, 5.41) is 3.49. The summed E-state index contributed by atoms with van der Waals surface area (Å²) in [7, 11) is 0. The van der Waals surface area contributed by atoms with E-state index in [1.807, 2.05) is 4.90 Å². The third kappa shape index (κ3) is 3.92. The van der Waals surface area contributed by atoms with Gasteiger partial charge < -0.3 is 10.2 Å². The van der Waals surface area contributed by atoms with Crippen LogP contribution in [0.5, 0.6) is 0 Å². The first-order valence-electron chi connectivity index (χ1n) is 7.12. The zero-order valence-corrected chi connectivity index (χ0v) is 13.8. The molecule has 1 aromatic rings. The van der Waals surface area contributed by atoms with Crippen molar-refractivity contribution in [2.24, 2.45) is 0 Å². The summed E-state index contributed by atoms with van der Waals surface area (Å²) in [4.78, 5) is 2.05. The van der Waals surface area contributed by atoms with E-state index >= 15 is 0 Å². The van der Waals surface area contributed by atoms with Gasteiger partial charge in [-0.25, -0.2) is 0 Å². The summed E-state index contributed by atoms with van der Waals surface area (Å²) in [6.07, 6.45) is -2.48. The maximum absolute atomic E-state index is 13.0. The maximum atomic E-state index is 13.0. The minimum absolute atomic E-state index is 0.0675. The van der Waals surface area contributed by atoms with E-state index in [0.717, 1.165) is 25.9 Å². The highest BCUT2D eigenvalue weighted by Crippen LogP contribution is 2.37. The number of hydrogen-bond donors (Lipinski definition) is 1. The van der Waals surface area contributed by atoms with E-state index in [0.29, 0.717) is 12.2 Å². The minimum atomic E-state index is -4.34. The van der Waals surface area contributed by atoms with Crippen molar-refractivity contribution < 1.29 is 13.2 Å². The number of nitrogens with one attached hydrogen (secondary N) is 1. The molecule has 1 heterocycles. The second kappa shape index (κ2) is 6.16. The standard InChI is InChI=1S/C15H20BrF3N2/c1-3-14(2)10-21(8-4-7-20-14)11-5-6-13(16)12(9-11)15(17,18)19/h5-6,9,20H,3-4,7-8,10H2,1-2H3. The van der Waals surface area contributed by atoms with Crippen LogP contribution in [-0.2, 0) is 6.18 Å². The van der Waals surface area contributed by atoms with Gasteiger partial charge in [-0.3, -0.25) is 0 Å². The normalized spacial score (nSPS) is 24.0. The summed E-state index contributed by atoms with van der Waals surface area (Å²) < 4.78 is 39.2. The number of alkyl halides is 3. The summed E-state index contributed by atoms with van der Waals surface area (Å²) in [6, 6.07) is 4.48. The molecule has 1 aromatic carbocycles. The molecule has 2 rings (SSSR count). The fraction of sp³-hybridized carbons (Fsp3) is 0.600. The monoisotopic (exact) mass is 364 g/mol. The minimum Gasteiger partial charge on any atom is -0.370 e. The first-order chi connectivity index (χ1) is 9.75. The van der Waals surface area contributed by atoms with E-state index in [9.17, 15) is 13.2 Å². The smallest absolute Gasteiger partial charge is 0.370 e. The molecule has 0 aromatic heterocycles. The number of nitrogens with zero attached hydrogens (tertiary/aromatic N) is 1. The van der Waals surface area contributed by atoms with Crippen LogP contribution < -0.4 is 10.2 Å². The van der Waals surface area contributed by atoms with E-state index < -0.39 is 11.7 Å². The van der Waals surface area contributed by atoms with Gasteiger partial charge in [-0.05, 0) is 44.5 Å². The van der Waals surface area contributed by atoms with Gasteiger partial charge in [-0.15, -0.1) is 0 Å². The Morgan fingerprint density at radius 3 is 2.71 bits per heavy atom. The zero-order valence-electron chi connectivity index (χ0n) is 12.2. The molecule has 1 atom stereocenters. The molecule has 0 bridgehead atoms. The number of rotatable bonds is 2. The Labute approximate surface area is 131 Å². The highest BCUT2D eigenvalue weighted by molar-refractivity contribution is 9.10. The Morgan fingerprint density at radius 1 is 1.38 bits per heavy atom. The lowest BCUT2D eigenvalue weighted by molar-refractivity contribution is -0.138. The number of halogens is 4. The van der Waals surface area contributed by atoms with Gasteiger partial charge in [0.25, 0.3) is 0 Å². The van der Waals surface area contributed by atoms with Gasteiger partial charge in [0.15, 0.2) is 0 Å². The number of hydrogen-bond acceptors (Lipinski definition) is 2. The van der Waals surface area contributed by atoms with E-state index in [1.165, 1.54) is 12.1 Å². The number of benzene rings is 1. The van der Waals surface area contributed by atoms with Crippen LogP contribution in [0.15, 0.2) is 22.7 Å². The van der Waals surface area contributed by atoms with Crippen molar-refractivity contribution in [1.82, 2.24) is 5.32 Å². The van der Waals surface area contributed by atoms with Crippen LogP contribution in [0.3, 0.4) is 0 Å². The Hall–Kier alpha value is -0.750. The fourth-order valence-corrected chi connectivity index (χ4v) is 3.07. The van der Waals surface area contributed by atoms with Crippen molar-refractivity contribution >= 4 is 21.6 Å². The Balaban J connectivity index is 2.32. The summed E-state index contributed by atoms with van der Waals surface area (Å²) in [6.45, 7) is 6.58. The van der Waals surface area contributed by atoms with Crippen LogP contribution in [0.4, 0.5) is 18.9 Å². The quantitative estimate of drug-likeness (QED) is 0.834. The molecule has 1 aliphatic heterocycles. The Kier molecular flexibility index (Phi) is 4.88. The van der Waals surface area contributed by atoms with E-state index in [4.69, 9.17) is 0 Å². The lowest BCUT2D eigenvalue weighted by atomic mass is 9.98. The van der Waals surface area contributed by atoms with Crippen molar-refractivity contribution in [3.8, 4) is 0 Å². The molecule has 1 aliphatic rings. The van der Waals surface area contributed by atoms with Crippen molar-refractivity contribution in [2.75, 3.05) is 24.5 Å². The second-order valence-corrected chi connectivity index (χ2v) is 6.63. The van der Waals surface area contributed by atoms with Crippen LogP contribution in [0.1, 0.15) is 32.3 Å². The van der Waals surface area contributed by atoms with Crippen LogP contribution in [-0.4, -0.2) is 25.2 Å². The molecule has 0 spiro atoms. The van der Waals surface area contributed by atoms with E-state index in [1.54, 1.807) is 6.07 Å². The zero-order chi connectivity index (χ0) is 15.7. The molecular formula is C15H20BrF3N2. The van der Waals surface area contributed by atoms with E-state index in [-0.39, 0.29) is 10.0 Å². The second-order valence-electron chi connectivity index (χ2n) is 5.78. The molecule has 6 heteroatoms. The van der Waals surface area contributed by atoms with Crippen molar-refractivity contribution in [1.29, 1.82) is 0 Å². The molecule has 0 amide bonds. The molecule has 21 heavy (non-hydrogen) atoms. The van der Waals surface area contributed by atoms with Gasteiger partial charge in [-0.1, -0.05) is 22.9 Å². The summed E-state index contributed by atoms with van der Waals surface area (Å²) >= 11 is 2.99. The third-order valence-corrected chi connectivity index (χ3v) is 4.79. The molecule has 1 unspecified atom stereocenters. The lowest BCUT2D eigenvalue weighted by Crippen LogP contribution is -2.48. The summed E-state index contributed by atoms with van der Waals surface area (Å²) in [5.41, 5.74) is -0.0496. The van der Waals surface area contributed by atoms with Crippen LogP contribution in [0, 0.1) is 0 Å². The average molecular weight is 365 g/mol. The van der Waals surface area contributed by atoms with Gasteiger partial charge >= 0.3 is 6.18 Å². The van der Waals surface area contributed by atoms with Crippen molar-refractivity contribution in [2.45, 2.75) is 38.4 Å². The summed E-state index contributed by atoms with van der Waals surface area (Å²) in [5.74, 6) is 0. The fourth-order valence-electron chi connectivity index (χ4n) is 2.60. The predicted octanol–water partition coefficient (Wildman–Crippen LogP) is 4.44. The third-order valence-electron chi connectivity index (χ3n) is 4.10. The topological polar surface area (TPSA) is 15.3 Å². The Bertz CT molecular complexity index is 504. The van der Waals surface area contributed by atoms with Crippen LogP contribution in [0.2, 0.25) is 0 Å². The van der Waals surface area contributed by atoms with E-state index in [2.05, 4.69) is 35.1 Å². The Morgan fingerprint density at radius 2 is 2.10 bits per heavy atom. The van der Waals surface area contributed by atoms with Crippen molar-refractivity contribution in [3.05, 3.63) is 28.2 Å².